The van der Waals surface area contributed by atoms with E-state index in [2.05, 4.69) is 23.0 Å². The summed E-state index contributed by atoms with van der Waals surface area (Å²) >= 11 is 12.4. The van der Waals surface area contributed by atoms with Gasteiger partial charge in [0.05, 0.1) is 28.5 Å². The lowest BCUT2D eigenvalue weighted by atomic mass is 9.60. The Labute approximate surface area is 199 Å². The van der Waals surface area contributed by atoms with Crippen LogP contribution in [0, 0.1) is 0 Å². The molecule has 6 atom stereocenters. The van der Waals surface area contributed by atoms with Gasteiger partial charge in [0.1, 0.15) is 6.61 Å². The van der Waals surface area contributed by atoms with E-state index in [1.54, 1.807) is 0 Å². The fraction of sp³-hybridized carbons (Fsp3) is 0.909. The second kappa shape index (κ2) is 9.92. The molecule has 0 aromatic heterocycles. The van der Waals surface area contributed by atoms with Gasteiger partial charge in [0.25, 0.3) is 5.91 Å². The number of alkyl halides is 2. The van der Waals surface area contributed by atoms with Gasteiger partial charge in [-0.25, -0.2) is 0 Å². The van der Waals surface area contributed by atoms with Gasteiger partial charge in [0.15, 0.2) is 6.10 Å². The molecule has 5 aliphatic rings. The summed E-state index contributed by atoms with van der Waals surface area (Å²) in [6, 6.07) is 0.192. The number of hydroxylamine groups is 1. The zero-order chi connectivity index (χ0) is 22.9. The maximum atomic E-state index is 12.7. The molecule has 5 unspecified atom stereocenters. The Morgan fingerprint density at radius 2 is 1.88 bits per heavy atom. The molecule has 0 aromatic carbocycles. The summed E-state index contributed by atoms with van der Waals surface area (Å²) in [4.78, 5) is 30.8. The molecule has 32 heavy (non-hydrogen) atoms. The van der Waals surface area contributed by atoms with Crippen LogP contribution in [0.2, 0.25) is 0 Å². The van der Waals surface area contributed by atoms with Crippen LogP contribution in [0.3, 0.4) is 0 Å². The van der Waals surface area contributed by atoms with E-state index in [0.29, 0.717) is 44.9 Å². The molecule has 182 valence electrons. The minimum atomic E-state index is -0.723. The van der Waals surface area contributed by atoms with Crippen molar-refractivity contribution in [2.45, 2.75) is 117 Å². The Bertz CT molecular complexity index is 703. The molecule has 0 radical (unpaired) electrons. The number of aliphatic hydroxyl groups is 1. The number of halogens is 2. The Balaban J connectivity index is 1.26. The van der Waals surface area contributed by atoms with E-state index >= 15 is 0 Å². The van der Waals surface area contributed by atoms with Crippen LogP contribution < -0.4 is 16.1 Å². The van der Waals surface area contributed by atoms with Crippen molar-refractivity contribution in [3.63, 3.8) is 0 Å². The summed E-state index contributed by atoms with van der Waals surface area (Å²) in [6.07, 6.45) is 5.54. The van der Waals surface area contributed by atoms with Crippen LogP contribution in [0.1, 0.15) is 71.1 Å². The first-order valence-corrected chi connectivity index (χ1v) is 12.7. The van der Waals surface area contributed by atoms with Crippen LogP contribution in [0.25, 0.3) is 0 Å². The average molecular weight is 492 g/mol. The van der Waals surface area contributed by atoms with Gasteiger partial charge in [0, 0.05) is 18.0 Å². The summed E-state index contributed by atoms with van der Waals surface area (Å²) in [5.74, 6) is -0.352. The highest BCUT2D eigenvalue weighted by atomic mass is 35.5. The van der Waals surface area contributed by atoms with Crippen molar-refractivity contribution >= 4 is 35.0 Å². The number of hydrogen-bond donors (Lipinski definition) is 4. The van der Waals surface area contributed by atoms with Crippen molar-refractivity contribution in [3.05, 3.63) is 0 Å². The molecule has 8 nitrogen and oxygen atoms in total. The summed E-state index contributed by atoms with van der Waals surface area (Å²) < 4.78 is 5.78. The first-order valence-electron chi connectivity index (χ1n) is 11.9. The summed E-state index contributed by atoms with van der Waals surface area (Å²) in [5.41, 5.74) is 1.81. The third kappa shape index (κ3) is 5.20. The zero-order valence-electron chi connectivity index (χ0n) is 18.6. The summed E-state index contributed by atoms with van der Waals surface area (Å²) in [5, 5.41) is 16.9. The molecule has 4 saturated carbocycles. The first kappa shape index (κ1) is 24.5. The van der Waals surface area contributed by atoms with E-state index in [4.69, 9.17) is 32.8 Å². The first-order chi connectivity index (χ1) is 15.2. The number of amides is 2. The SMILES string of the molecule is CCC1CC(C(=O)NC23CCC(NC(=O)COC4CCC(Cl)C(Cl)C4)(CC2)[C@@H](O)C3)ON1. The molecule has 4 aliphatic carbocycles. The minimum absolute atomic E-state index is 0.0471. The maximum absolute atomic E-state index is 12.7. The highest BCUT2D eigenvalue weighted by molar-refractivity contribution is 6.30. The number of carbonyl (C=O) groups excluding carboxylic acids is 2. The molecule has 5 fully saturated rings. The lowest BCUT2D eigenvalue weighted by Gasteiger charge is -2.56. The third-order valence-corrected chi connectivity index (χ3v) is 8.99. The van der Waals surface area contributed by atoms with E-state index in [9.17, 15) is 14.7 Å². The quantitative estimate of drug-likeness (QED) is 0.405. The van der Waals surface area contributed by atoms with E-state index < -0.39 is 23.3 Å². The highest BCUT2D eigenvalue weighted by Gasteiger charge is 2.55. The van der Waals surface area contributed by atoms with Gasteiger partial charge >= 0.3 is 0 Å². The Hall–Kier alpha value is -0.640. The lowest BCUT2D eigenvalue weighted by molar-refractivity contribution is -0.144. The second-order valence-electron chi connectivity index (χ2n) is 10.0. The third-order valence-electron chi connectivity index (χ3n) is 7.85. The second-order valence-corrected chi connectivity index (χ2v) is 11.2. The standard InChI is InChI=1S/C22H35Cl2N3O5/c1-2-13-9-17(32-27-13)20(30)26-21-5-7-22(8-6-21,18(28)11-21)25-19(29)12-31-14-3-4-15(23)16(24)10-14/h13-18,27-28H,2-12H2,1H3,(H,25,29)(H,26,30)/t13?,14?,15?,16?,17?,18-,21?,22?/m0/s1. The van der Waals surface area contributed by atoms with Crippen LogP contribution >= 0.6 is 23.2 Å². The van der Waals surface area contributed by atoms with Gasteiger partial charge in [-0.2, -0.15) is 5.48 Å². The number of ether oxygens (including phenoxy) is 1. The molecule has 1 heterocycles. The van der Waals surface area contributed by atoms with E-state index in [1.807, 2.05) is 0 Å². The van der Waals surface area contributed by atoms with E-state index in [-0.39, 0.29) is 41.3 Å². The van der Waals surface area contributed by atoms with Gasteiger partial charge in [-0.3, -0.25) is 14.4 Å². The molecule has 2 amide bonds. The number of carbonyl (C=O) groups is 2. The predicted octanol–water partition coefficient (Wildman–Crippen LogP) is 1.89. The van der Waals surface area contributed by atoms with Crippen LogP contribution in [-0.2, 0) is 19.2 Å². The number of aliphatic hydroxyl groups excluding tert-OH is 1. The number of nitrogens with one attached hydrogen (secondary N) is 3. The van der Waals surface area contributed by atoms with Crippen molar-refractivity contribution in [3.8, 4) is 0 Å². The van der Waals surface area contributed by atoms with Gasteiger partial charge in [-0.05, 0) is 57.8 Å². The molecule has 4 N–H and O–H groups in total. The van der Waals surface area contributed by atoms with Gasteiger partial charge in [-0.1, -0.05) is 6.92 Å². The van der Waals surface area contributed by atoms with Gasteiger partial charge in [0.2, 0.25) is 5.91 Å². The van der Waals surface area contributed by atoms with Crippen LogP contribution in [0.5, 0.6) is 0 Å². The van der Waals surface area contributed by atoms with Crippen LogP contribution in [0.15, 0.2) is 0 Å². The van der Waals surface area contributed by atoms with Crippen LogP contribution in [-0.4, -0.2) is 69.7 Å². The molecule has 1 aliphatic heterocycles. The van der Waals surface area contributed by atoms with Crippen molar-refractivity contribution in [2.24, 2.45) is 0 Å². The summed E-state index contributed by atoms with van der Waals surface area (Å²) in [6.45, 7) is 2.00. The Morgan fingerprint density at radius 3 is 2.50 bits per heavy atom. The number of fused-ring (bicyclic) bond motifs is 3. The lowest BCUT2D eigenvalue weighted by Crippen LogP contribution is -2.70. The summed E-state index contributed by atoms with van der Waals surface area (Å²) in [7, 11) is 0. The molecule has 0 spiro atoms. The molecule has 10 heteroatoms. The molecule has 5 rings (SSSR count). The minimum Gasteiger partial charge on any atom is -0.391 e. The topological polar surface area (TPSA) is 109 Å². The van der Waals surface area contributed by atoms with Crippen molar-refractivity contribution in [1.82, 2.24) is 16.1 Å². The highest BCUT2D eigenvalue weighted by Crippen LogP contribution is 2.47. The molecule has 1 saturated heterocycles. The number of rotatable bonds is 7. The predicted molar refractivity (Wildman–Crippen MR) is 120 cm³/mol. The monoisotopic (exact) mass is 491 g/mol. The van der Waals surface area contributed by atoms with Gasteiger partial charge in [-0.15, -0.1) is 23.2 Å². The fourth-order valence-corrected chi connectivity index (χ4v) is 6.20. The zero-order valence-corrected chi connectivity index (χ0v) is 20.1. The molecular formula is C22H35Cl2N3O5. The largest absolute Gasteiger partial charge is 0.391 e. The van der Waals surface area contributed by atoms with Crippen LogP contribution in [0.4, 0.5) is 0 Å². The Morgan fingerprint density at radius 1 is 1.12 bits per heavy atom. The van der Waals surface area contributed by atoms with E-state index in [1.165, 1.54) is 0 Å². The van der Waals surface area contributed by atoms with Crippen molar-refractivity contribution < 1.29 is 24.3 Å². The maximum Gasteiger partial charge on any atom is 0.251 e. The molecular weight excluding hydrogens is 457 g/mol. The van der Waals surface area contributed by atoms with E-state index in [0.717, 1.165) is 19.3 Å². The van der Waals surface area contributed by atoms with Gasteiger partial charge < -0.3 is 20.5 Å². The Kier molecular flexibility index (Phi) is 7.59. The molecule has 2 bridgehead atoms. The van der Waals surface area contributed by atoms with Crippen molar-refractivity contribution in [1.29, 1.82) is 0 Å². The fourth-order valence-electron chi connectivity index (χ4n) is 5.65. The average Bonchev–Trinajstić information content (AvgIpc) is 3.25. The normalized spacial score (nSPS) is 43.8. The number of hydrogen-bond acceptors (Lipinski definition) is 6. The van der Waals surface area contributed by atoms with Crippen molar-refractivity contribution in [2.75, 3.05) is 6.61 Å². The smallest absolute Gasteiger partial charge is 0.251 e. The molecule has 0 aromatic rings.